The molecule has 0 radical (unpaired) electrons. The van der Waals surface area contributed by atoms with Gasteiger partial charge in [-0.2, -0.15) is 0 Å². The lowest BCUT2D eigenvalue weighted by atomic mass is 10.1. The summed E-state index contributed by atoms with van der Waals surface area (Å²) < 4.78 is 11.4. The number of ether oxygens (including phenoxy) is 2. The Bertz CT molecular complexity index is 1330. The quantitative estimate of drug-likeness (QED) is 0.210. The largest absolute Gasteiger partial charge is 0.480 e. The highest BCUT2D eigenvalue weighted by atomic mass is 16.6. The number of anilines is 1. The minimum absolute atomic E-state index is 0.0922. The van der Waals surface area contributed by atoms with Crippen molar-refractivity contribution in [2.75, 3.05) is 31.6 Å². The van der Waals surface area contributed by atoms with Gasteiger partial charge in [0.1, 0.15) is 25.1 Å². The zero-order valence-electron chi connectivity index (χ0n) is 24.3. The summed E-state index contributed by atoms with van der Waals surface area (Å²) in [5.74, 6) is -0.808. The molecule has 3 aromatic rings. The van der Waals surface area contributed by atoms with Crippen molar-refractivity contribution in [2.45, 2.75) is 51.1 Å². The Labute approximate surface area is 251 Å². The summed E-state index contributed by atoms with van der Waals surface area (Å²) in [4.78, 5) is 43.3. The van der Waals surface area contributed by atoms with Crippen molar-refractivity contribution in [1.82, 2.24) is 20.5 Å². The molecular weight excluding hydrogens is 550 g/mol. The molecule has 43 heavy (non-hydrogen) atoms. The number of hydrogen-bond donors (Lipinski definition) is 4. The molecule has 2 heterocycles. The van der Waals surface area contributed by atoms with E-state index in [0.717, 1.165) is 23.1 Å². The van der Waals surface area contributed by atoms with Crippen LogP contribution in [0.25, 0.3) is 0 Å². The highest BCUT2D eigenvalue weighted by molar-refractivity contribution is 5.79. The molecule has 1 fully saturated rings. The molecule has 1 aliphatic heterocycles. The summed E-state index contributed by atoms with van der Waals surface area (Å²) >= 11 is 0. The summed E-state index contributed by atoms with van der Waals surface area (Å²) in [6.07, 6.45) is 2.15. The lowest BCUT2D eigenvalue weighted by Crippen LogP contribution is -2.46. The van der Waals surface area contributed by atoms with Gasteiger partial charge in [-0.15, -0.1) is 0 Å². The molecule has 1 unspecified atom stereocenters. The molecule has 0 saturated carbocycles. The Balaban J connectivity index is 1.27. The third-order valence-electron chi connectivity index (χ3n) is 7.29. The summed E-state index contributed by atoms with van der Waals surface area (Å²) in [5.41, 5.74) is 3.04. The summed E-state index contributed by atoms with van der Waals surface area (Å²) in [7, 11) is 0. The summed E-state index contributed by atoms with van der Waals surface area (Å²) in [5, 5.41) is 18.6. The average molecular weight is 590 g/mol. The van der Waals surface area contributed by atoms with E-state index >= 15 is 0 Å². The van der Waals surface area contributed by atoms with E-state index in [1.807, 2.05) is 79.7 Å². The van der Waals surface area contributed by atoms with Crippen LogP contribution in [-0.4, -0.2) is 77.4 Å². The van der Waals surface area contributed by atoms with Crippen molar-refractivity contribution in [2.24, 2.45) is 0 Å². The number of carboxylic acids is 1. The van der Waals surface area contributed by atoms with Gasteiger partial charge < -0.3 is 30.1 Å². The van der Waals surface area contributed by atoms with E-state index in [0.29, 0.717) is 25.3 Å². The number of carboxylic acid groups (broad SMARTS) is 1. The molecule has 4 N–H and O–H groups in total. The van der Waals surface area contributed by atoms with Crippen molar-refractivity contribution < 1.29 is 29.0 Å². The minimum atomic E-state index is -1.06. The standard InChI is InChI=1S/C32H39N5O6/c1-2-24-12-6-7-13-25(24)17-34-28(31(39)40)19-36-30(38)22-42-27-16-26(18-35-29-14-8-9-15-33-29)37(20-27)32(41)43-21-23-10-4-3-5-11-23/h3-15,26-28,34H,2,16-22H2,1H3,(H,33,35)(H,36,38)(H,39,40)/t26-,27+,28?/m0/s1. The molecule has 11 heteroatoms. The SMILES string of the molecule is CCc1ccccc1CNC(CNC(=O)CO[C@@H]1C[C@@H](CNc2ccccn2)N(C(=O)OCc2ccccc2)C1)C(=O)O. The Kier molecular flexibility index (Phi) is 11.9. The molecule has 1 saturated heterocycles. The highest BCUT2D eigenvalue weighted by Crippen LogP contribution is 2.22. The molecule has 1 aliphatic rings. The number of carbonyl (C=O) groups is 3. The van der Waals surface area contributed by atoms with Gasteiger partial charge in [-0.05, 0) is 41.7 Å². The van der Waals surface area contributed by atoms with E-state index in [2.05, 4.69) is 20.9 Å². The van der Waals surface area contributed by atoms with Gasteiger partial charge in [-0.25, -0.2) is 9.78 Å². The number of benzene rings is 2. The topological polar surface area (TPSA) is 142 Å². The Hall–Kier alpha value is -4.48. The van der Waals surface area contributed by atoms with Gasteiger partial charge in [0.2, 0.25) is 5.91 Å². The third-order valence-corrected chi connectivity index (χ3v) is 7.29. The second kappa shape index (κ2) is 16.2. The summed E-state index contributed by atoms with van der Waals surface area (Å²) in [6, 6.07) is 21.6. The number of aliphatic carboxylic acids is 1. The molecule has 2 aromatic carbocycles. The fourth-order valence-corrected chi connectivity index (χ4v) is 4.92. The maximum Gasteiger partial charge on any atom is 0.410 e. The van der Waals surface area contributed by atoms with Crippen molar-refractivity contribution in [3.8, 4) is 0 Å². The minimum Gasteiger partial charge on any atom is -0.480 e. The van der Waals surface area contributed by atoms with Gasteiger partial charge in [-0.1, -0.05) is 67.6 Å². The monoisotopic (exact) mass is 589 g/mol. The number of aryl methyl sites for hydroxylation is 1. The number of rotatable bonds is 15. The van der Waals surface area contributed by atoms with Gasteiger partial charge >= 0.3 is 12.1 Å². The molecule has 1 aromatic heterocycles. The van der Waals surface area contributed by atoms with Crippen molar-refractivity contribution in [3.05, 3.63) is 95.7 Å². The van der Waals surface area contributed by atoms with Crippen LogP contribution in [0, 0.1) is 0 Å². The van der Waals surface area contributed by atoms with Crippen molar-refractivity contribution in [3.63, 3.8) is 0 Å². The van der Waals surface area contributed by atoms with Gasteiger partial charge in [0, 0.05) is 25.8 Å². The molecule has 4 rings (SSSR count). The molecule has 2 amide bonds. The first-order valence-corrected chi connectivity index (χ1v) is 14.5. The predicted octanol–water partition coefficient (Wildman–Crippen LogP) is 3.21. The number of pyridine rings is 1. The first kappa shape index (κ1) is 31.5. The lowest BCUT2D eigenvalue weighted by molar-refractivity contribution is -0.139. The van der Waals surface area contributed by atoms with Crippen LogP contribution in [0.2, 0.25) is 0 Å². The molecule has 11 nitrogen and oxygen atoms in total. The van der Waals surface area contributed by atoms with Crippen molar-refractivity contribution >= 4 is 23.8 Å². The van der Waals surface area contributed by atoms with Gasteiger partial charge in [-0.3, -0.25) is 14.9 Å². The average Bonchev–Trinajstić information content (AvgIpc) is 3.45. The van der Waals surface area contributed by atoms with E-state index in [1.54, 1.807) is 11.1 Å². The van der Waals surface area contributed by atoms with E-state index < -0.39 is 30.1 Å². The Morgan fingerprint density at radius 3 is 2.49 bits per heavy atom. The Morgan fingerprint density at radius 1 is 1.02 bits per heavy atom. The third kappa shape index (κ3) is 9.79. The van der Waals surface area contributed by atoms with Crippen LogP contribution in [-0.2, 0) is 38.6 Å². The lowest BCUT2D eigenvalue weighted by Gasteiger charge is -2.24. The van der Waals surface area contributed by atoms with E-state index in [1.165, 1.54) is 0 Å². The number of hydrogen-bond acceptors (Lipinski definition) is 8. The molecule has 0 spiro atoms. The number of amides is 2. The van der Waals surface area contributed by atoms with E-state index in [9.17, 15) is 19.5 Å². The van der Waals surface area contributed by atoms with Crippen LogP contribution in [0.4, 0.5) is 10.6 Å². The van der Waals surface area contributed by atoms with Crippen molar-refractivity contribution in [1.29, 1.82) is 0 Å². The zero-order valence-corrected chi connectivity index (χ0v) is 24.3. The first-order valence-electron chi connectivity index (χ1n) is 14.5. The van der Waals surface area contributed by atoms with Crippen LogP contribution in [0.3, 0.4) is 0 Å². The van der Waals surface area contributed by atoms with Crippen LogP contribution < -0.4 is 16.0 Å². The second-order valence-electron chi connectivity index (χ2n) is 10.3. The van der Waals surface area contributed by atoms with Crippen LogP contribution in [0.5, 0.6) is 0 Å². The number of likely N-dealkylation sites (tertiary alicyclic amines) is 1. The Morgan fingerprint density at radius 2 is 1.77 bits per heavy atom. The molecule has 228 valence electrons. The van der Waals surface area contributed by atoms with E-state index in [-0.39, 0.29) is 32.3 Å². The van der Waals surface area contributed by atoms with Crippen LogP contribution >= 0.6 is 0 Å². The number of nitrogens with one attached hydrogen (secondary N) is 3. The zero-order chi connectivity index (χ0) is 30.4. The number of aromatic nitrogens is 1. The van der Waals surface area contributed by atoms with E-state index in [4.69, 9.17) is 9.47 Å². The molecular formula is C32H39N5O6. The van der Waals surface area contributed by atoms with Crippen LogP contribution in [0.15, 0.2) is 79.0 Å². The smallest absolute Gasteiger partial charge is 0.410 e. The van der Waals surface area contributed by atoms with Crippen LogP contribution in [0.1, 0.15) is 30.0 Å². The van der Waals surface area contributed by atoms with Gasteiger partial charge in [0.15, 0.2) is 0 Å². The fourth-order valence-electron chi connectivity index (χ4n) is 4.92. The number of carbonyl (C=O) groups excluding carboxylic acids is 2. The second-order valence-corrected chi connectivity index (χ2v) is 10.3. The maximum atomic E-state index is 13.0. The molecule has 3 atom stereocenters. The predicted molar refractivity (Wildman–Crippen MR) is 161 cm³/mol. The highest BCUT2D eigenvalue weighted by Gasteiger charge is 2.37. The molecule has 0 aliphatic carbocycles. The van der Waals surface area contributed by atoms with Gasteiger partial charge in [0.25, 0.3) is 0 Å². The fraction of sp³-hybridized carbons (Fsp3) is 0.375. The van der Waals surface area contributed by atoms with Gasteiger partial charge in [0.05, 0.1) is 18.7 Å². The summed E-state index contributed by atoms with van der Waals surface area (Å²) in [6.45, 7) is 2.90. The first-order chi connectivity index (χ1) is 20.9. The number of nitrogens with zero attached hydrogens (tertiary/aromatic N) is 2. The normalized spacial score (nSPS) is 16.8. The maximum absolute atomic E-state index is 13.0. The molecule has 0 bridgehead atoms.